The maximum atomic E-state index is 12.9. The Morgan fingerprint density at radius 3 is 2.81 bits per heavy atom. The SMILES string of the molecule is N#Cc1c(SCC(=O)c2cc3ccccc3oc2=O)nc2c(c1-c1ccco1)CCCC2. The number of para-hydroxylation sites is 1. The van der Waals surface area contributed by atoms with E-state index in [4.69, 9.17) is 13.8 Å². The van der Waals surface area contributed by atoms with Crippen LogP contribution in [0.25, 0.3) is 22.3 Å². The fourth-order valence-electron chi connectivity index (χ4n) is 4.09. The molecular formula is C25H18N2O4S. The average Bonchev–Trinajstić information content (AvgIpc) is 3.35. The second-order valence-electron chi connectivity index (χ2n) is 7.59. The lowest BCUT2D eigenvalue weighted by Gasteiger charge is -2.20. The van der Waals surface area contributed by atoms with Crippen LogP contribution in [0.2, 0.25) is 0 Å². The minimum Gasteiger partial charge on any atom is -0.464 e. The van der Waals surface area contributed by atoms with Gasteiger partial charge in [0.15, 0.2) is 5.78 Å². The van der Waals surface area contributed by atoms with Crippen LogP contribution >= 0.6 is 11.8 Å². The molecule has 158 valence electrons. The summed E-state index contributed by atoms with van der Waals surface area (Å²) in [6.45, 7) is 0. The number of Topliss-reactive ketones (excluding diaryl/α,β-unsaturated/α-hetero) is 1. The third kappa shape index (κ3) is 3.63. The van der Waals surface area contributed by atoms with Gasteiger partial charge in [-0.15, -0.1) is 0 Å². The van der Waals surface area contributed by atoms with Crippen LogP contribution < -0.4 is 5.63 Å². The van der Waals surface area contributed by atoms with Gasteiger partial charge in [-0.25, -0.2) is 9.78 Å². The predicted octanol–water partition coefficient (Wildman–Crippen LogP) is 5.17. The standard InChI is InChI=1S/C25H18N2O4S/c26-13-18-23(22-10-5-11-30-22)16-7-2-3-8-19(16)27-24(18)32-14-20(28)17-12-15-6-1-4-9-21(15)31-25(17)29/h1,4-6,9-12H,2-3,7-8,14H2. The molecule has 32 heavy (non-hydrogen) atoms. The molecule has 0 N–H and O–H groups in total. The molecule has 0 radical (unpaired) electrons. The van der Waals surface area contributed by atoms with E-state index in [1.807, 2.05) is 12.1 Å². The van der Waals surface area contributed by atoms with Gasteiger partial charge in [0.25, 0.3) is 0 Å². The number of ketones is 1. The van der Waals surface area contributed by atoms with Crippen molar-refractivity contribution in [2.45, 2.75) is 30.7 Å². The zero-order valence-electron chi connectivity index (χ0n) is 17.1. The second kappa shape index (κ2) is 8.48. The summed E-state index contributed by atoms with van der Waals surface area (Å²) >= 11 is 1.17. The van der Waals surface area contributed by atoms with Gasteiger partial charge < -0.3 is 8.83 Å². The first kappa shape index (κ1) is 20.3. The van der Waals surface area contributed by atoms with E-state index in [9.17, 15) is 14.9 Å². The number of fused-ring (bicyclic) bond motifs is 2. The van der Waals surface area contributed by atoms with Gasteiger partial charge in [0.1, 0.15) is 28.0 Å². The summed E-state index contributed by atoms with van der Waals surface area (Å²) in [7, 11) is 0. The molecule has 0 fully saturated rings. The molecule has 0 saturated heterocycles. The first-order chi connectivity index (χ1) is 15.7. The number of rotatable bonds is 5. The van der Waals surface area contributed by atoms with E-state index in [0.717, 1.165) is 42.5 Å². The van der Waals surface area contributed by atoms with Crippen molar-refractivity contribution in [1.82, 2.24) is 4.98 Å². The molecule has 1 aliphatic carbocycles. The molecule has 0 atom stereocenters. The van der Waals surface area contributed by atoms with E-state index in [2.05, 4.69) is 6.07 Å². The molecule has 7 heteroatoms. The van der Waals surface area contributed by atoms with Gasteiger partial charge in [-0.1, -0.05) is 30.0 Å². The third-order valence-corrected chi connectivity index (χ3v) is 6.58. The van der Waals surface area contributed by atoms with Crippen molar-refractivity contribution in [3.8, 4) is 17.4 Å². The molecule has 1 aromatic carbocycles. The van der Waals surface area contributed by atoms with Gasteiger partial charge in [-0.05, 0) is 55.5 Å². The Bertz CT molecular complexity index is 1430. The number of nitriles is 1. The van der Waals surface area contributed by atoms with Crippen molar-refractivity contribution in [1.29, 1.82) is 5.26 Å². The van der Waals surface area contributed by atoms with Gasteiger partial charge in [0.2, 0.25) is 0 Å². The van der Waals surface area contributed by atoms with Crippen LogP contribution in [0.5, 0.6) is 0 Å². The molecule has 0 aliphatic heterocycles. The lowest BCUT2D eigenvalue weighted by Crippen LogP contribution is -2.16. The second-order valence-corrected chi connectivity index (χ2v) is 8.55. The summed E-state index contributed by atoms with van der Waals surface area (Å²) < 4.78 is 10.9. The summed E-state index contributed by atoms with van der Waals surface area (Å²) in [5.41, 5.74) is 2.94. The molecular weight excluding hydrogens is 424 g/mol. The van der Waals surface area contributed by atoms with Gasteiger partial charge in [0, 0.05) is 16.6 Å². The van der Waals surface area contributed by atoms with Crippen molar-refractivity contribution < 1.29 is 13.6 Å². The van der Waals surface area contributed by atoms with Crippen LogP contribution in [0.3, 0.4) is 0 Å². The summed E-state index contributed by atoms with van der Waals surface area (Å²) in [4.78, 5) is 29.9. The smallest absolute Gasteiger partial charge is 0.347 e. The Kier molecular flexibility index (Phi) is 5.38. The van der Waals surface area contributed by atoms with Gasteiger partial charge in [-0.2, -0.15) is 5.26 Å². The number of pyridine rings is 1. The zero-order chi connectivity index (χ0) is 22.1. The molecule has 0 amide bonds. The number of thioether (sulfide) groups is 1. The van der Waals surface area contributed by atoms with Gasteiger partial charge in [0.05, 0.1) is 17.6 Å². The van der Waals surface area contributed by atoms with Crippen LogP contribution in [0.4, 0.5) is 0 Å². The zero-order valence-corrected chi connectivity index (χ0v) is 17.9. The molecule has 1 aliphatic rings. The van der Waals surface area contributed by atoms with E-state index in [1.54, 1.807) is 36.6 Å². The van der Waals surface area contributed by atoms with Gasteiger partial charge in [-0.3, -0.25) is 4.79 Å². The number of nitrogens with zero attached hydrogens (tertiary/aromatic N) is 2. The lowest BCUT2D eigenvalue weighted by atomic mass is 9.89. The molecule has 4 aromatic rings. The fourth-order valence-corrected chi connectivity index (χ4v) is 4.98. The van der Waals surface area contributed by atoms with Gasteiger partial charge >= 0.3 is 5.63 Å². The number of hydrogen-bond acceptors (Lipinski definition) is 7. The van der Waals surface area contributed by atoms with Crippen LogP contribution in [0.15, 0.2) is 67.4 Å². The minimum absolute atomic E-state index is 0.000995. The minimum atomic E-state index is -0.663. The normalized spacial score (nSPS) is 13.0. The Hall–Kier alpha value is -3.63. The molecule has 0 unspecified atom stereocenters. The predicted molar refractivity (Wildman–Crippen MR) is 121 cm³/mol. The Labute approximate surface area is 187 Å². The van der Waals surface area contributed by atoms with Crippen LogP contribution in [-0.2, 0) is 12.8 Å². The van der Waals surface area contributed by atoms with Crippen molar-refractivity contribution in [3.05, 3.63) is 81.5 Å². The molecule has 6 nitrogen and oxygen atoms in total. The quantitative estimate of drug-likeness (QED) is 0.239. The van der Waals surface area contributed by atoms with Crippen LogP contribution in [0, 0.1) is 11.3 Å². The van der Waals surface area contributed by atoms with Crippen LogP contribution in [-0.4, -0.2) is 16.5 Å². The highest BCUT2D eigenvalue weighted by Crippen LogP contribution is 2.38. The molecule has 3 aromatic heterocycles. The molecule has 0 bridgehead atoms. The van der Waals surface area contributed by atoms with E-state index in [0.29, 0.717) is 27.3 Å². The highest BCUT2D eigenvalue weighted by atomic mass is 32.2. The highest BCUT2D eigenvalue weighted by Gasteiger charge is 2.25. The number of benzene rings is 1. The molecule has 5 rings (SSSR count). The lowest BCUT2D eigenvalue weighted by molar-refractivity contribution is 0.101. The monoisotopic (exact) mass is 442 g/mol. The average molecular weight is 442 g/mol. The summed E-state index contributed by atoms with van der Waals surface area (Å²) in [6.07, 6.45) is 5.32. The van der Waals surface area contributed by atoms with Crippen molar-refractivity contribution in [3.63, 3.8) is 0 Å². The fraction of sp³-hybridized carbons (Fsp3) is 0.200. The first-order valence-electron chi connectivity index (χ1n) is 10.3. The summed E-state index contributed by atoms with van der Waals surface area (Å²) in [6, 6.07) is 14.5. The maximum Gasteiger partial charge on any atom is 0.347 e. The Morgan fingerprint density at radius 2 is 2.00 bits per heavy atom. The van der Waals surface area contributed by atoms with Crippen molar-refractivity contribution in [2.75, 3.05) is 5.75 Å². The number of aromatic nitrogens is 1. The maximum absolute atomic E-state index is 12.9. The summed E-state index contributed by atoms with van der Waals surface area (Å²) in [5.74, 6) is 0.240. The number of carbonyl (C=O) groups excluding carboxylic acids is 1. The third-order valence-electron chi connectivity index (χ3n) is 5.60. The number of aryl methyl sites for hydroxylation is 1. The first-order valence-corrected chi connectivity index (χ1v) is 11.3. The van der Waals surface area contributed by atoms with Crippen molar-refractivity contribution in [2.24, 2.45) is 0 Å². The van der Waals surface area contributed by atoms with E-state index in [-0.39, 0.29) is 17.1 Å². The number of hydrogen-bond donors (Lipinski definition) is 0. The Balaban J connectivity index is 1.50. The molecule has 3 heterocycles. The van der Waals surface area contributed by atoms with E-state index in [1.165, 1.54) is 11.8 Å². The highest BCUT2D eigenvalue weighted by molar-refractivity contribution is 8.00. The van der Waals surface area contributed by atoms with E-state index >= 15 is 0 Å². The largest absolute Gasteiger partial charge is 0.464 e. The van der Waals surface area contributed by atoms with E-state index < -0.39 is 5.63 Å². The van der Waals surface area contributed by atoms with Crippen LogP contribution in [0.1, 0.15) is 40.0 Å². The van der Waals surface area contributed by atoms with Crippen molar-refractivity contribution >= 4 is 28.5 Å². The Morgan fingerprint density at radius 1 is 1.16 bits per heavy atom. The molecule has 0 saturated carbocycles. The topological polar surface area (TPSA) is 97.1 Å². The molecule has 0 spiro atoms. The number of carbonyl (C=O) groups is 1. The number of furan rings is 1. The summed E-state index contributed by atoms with van der Waals surface area (Å²) in [5, 5.41) is 11.1.